The number of hydrogen-bond donors (Lipinski definition) is 1. The second-order valence-electron chi connectivity index (χ2n) is 8.22. The summed E-state index contributed by atoms with van der Waals surface area (Å²) >= 11 is 6.42. The van der Waals surface area contributed by atoms with Crippen LogP contribution in [0, 0.1) is 5.92 Å². The van der Waals surface area contributed by atoms with Gasteiger partial charge in [-0.25, -0.2) is 0 Å². The second kappa shape index (κ2) is 6.66. The molecule has 26 heavy (non-hydrogen) atoms. The van der Waals surface area contributed by atoms with Gasteiger partial charge in [0.15, 0.2) is 0 Å². The van der Waals surface area contributed by atoms with Gasteiger partial charge in [-0.1, -0.05) is 41.9 Å². The van der Waals surface area contributed by atoms with Crippen LogP contribution in [0.25, 0.3) is 11.3 Å². The first kappa shape index (κ1) is 16.8. The average Bonchev–Trinajstić information content (AvgIpc) is 3.34. The predicted octanol–water partition coefficient (Wildman–Crippen LogP) is 4.92. The van der Waals surface area contributed by atoms with E-state index in [2.05, 4.69) is 17.4 Å². The van der Waals surface area contributed by atoms with Crippen LogP contribution >= 0.6 is 11.6 Å². The van der Waals surface area contributed by atoms with Gasteiger partial charge < -0.3 is 14.6 Å². The largest absolute Gasteiger partial charge is 0.373 e. The first-order valence-corrected chi connectivity index (χ1v) is 10.2. The Labute approximate surface area is 159 Å². The van der Waals surface area contributed by atoms with Crippen molar-refractivity contribution in [1.29, 1.82) is 0 Å². The minimum atomic E-state index is 0.317. The summed E-state index contributed by atoms with van der Waals surface area (Å²) in [6.07, 6.45) is 6.15. The third-order valence-electron chi connectivity index (χ3n) is 6.22. The number of nitrogens with one attached hydrogen (secondary N) is 1. The molecule has 0 spiro atoms. The molecule has 0 radical (unpaired) electrons. The van der Waals surface area contributed by atoms with Crippen LogP contribution in [0.5, 0.6) is 0 Å². The average molecular weight is 373 g/mol. The van der Waals surface area contributed by atoms with Crippen molar-refractivity contribution in [3.63, 3.8) is 0 Å². The Kier molecular flexibility index (Phi) is 4.30. The van der Waals surface area contributed by atoms with E-state index in [1.54, 1.807) is 0 Å². The number of fused-ring (bicyclic) bond motifs is 2. The van der Waals surface area contributed by atoms with Crippen molar-refractivity contribution in [2.24, 2.45) is 5.92 Å². The molecule has 2 saturated heterocycles. The topological polar surface area (TPSA) is 47.3 Å². The Morgan fingerprint density at radius 2 is 2.08 bits per heavy atom. The van der Waals surface area contributed by atoms with Gasteiger partial charge >= 0.3 is 0 Å². The molecule has 1 saturated carbocycles. The Balaban J connectivity index is 1.38. The number of rotatable bonds is 5. The molecule has 2 bridgehead atoms. The molecule has 4 nitrogen and oxygen atoms in total. The molecular weight excluding hydrogens is 348 g/mol. The highest BCUT2D eigenvalue weighted by Gasteiger charge is 2.39. The third-order valence-corrected chi connectivity index (χ3v) is 6.55. The molecule has 3 heterocycles. The molecule has 2 aliphatic heterocycles. The monoisotopic (exact) mass is 372 g/mol. The Morgan fingerprint density at radius 1 is 1.23 bits per heavy atom. The molecule has 1 aliphatic carbocycles. The minimum absolute atomic E-state index is 0.317. The molecular formula is C21H25ClN2O2. The predicted molar refractivity (Wildman–Crippen MR) is 101 cm³/mol. The van der Waals surface area contributed by atoms with Crippen LogP contribution in [0.2, 0.25) is 5.02 Å². The maximum atomic E-state index is 6.42. The standard InChI is InChI=1S/C21H25ClN2O2/c1-12-8-14-9-15(10-19(12)23-14)25-11-17-20(16-4-2-3-5-18(16)22)24-26-21(17)13-6-7-13/h2-5,12-15,19,23H,6-11H2,1H3/t12-,14?,15?,19?/m1/s1. The van der Waals surface area contributed by atoms with Gasteiger partial charge in [0.25, 0.3) is 0 Å². The van der Waals surface area contributed by atoms with E-state index < -0.39 is 0 Å². The molecule has 1 N–H and O–H groups in total. The fraction of sp³-hybridized carbons (Fsp3) is 0.571. The molecule has 1 aromatic heterocycles. The van der Waals surface area contributed by atoms with Gasteiger partial charge in [-0.15, -0.1) is 0 Å². The van der Waals surface area contributed by atoms with Gasteiger partial charge in [0.05, 0.1) is 17.7 Å². The van der Waals surface area contributed by atoms with E-state index in [1.165, 1.54) is 19.3 Å². The number of aromatic nitrogens is 1. The molecule has 138 valence electrons. The normalized spacial score (nSPS) is 30.7. The summed E-state index contributed by atoms with van der Waals surface area (Å²) in [4.78, 5) is 0. The molecule has 3 aliphatic rings. The van der Waals surface area contributed by atoms with E-state index in [1.807, 2.05) is 24.3 Å². The molecule has 2 aromatic rings. The summed E-state index contributed by atoms with van der Waals surface area (Å²) in [5.41, 5.74) is 2.88. The number of hydrogen-bond acceptors (Lipinski definition) is 4. The molecule has 3 unspecified atom stereocenters. The van der Waals surface area contributed by atoms with Crippen LogP contribution in [0.1, 0.15) is 56.3 Å². The Morgan fingerprint density at radius 3 is 2.85 bits per heavy atom. The van der Waals surface area contributed by atoms with Gasteiger partial charge in [-0.2, -0.15) is 0 Å². The number of ether oxygens (including phenoxy) is 1. The Hall–Kier alpha value is -1.36. The number of benzene rings is 1. The van der Waals surface area contributed by atoms with E-state index in [0.717, 1.165) is 41.3 Å². The summed E-state index contributed by atoms with van der Waals surface area (Å²) in [7, 11) is 0. The maximum absolute atomic E-state index is 6.42. The fourth-order valence-corrected chi connectivity index (χ4v) is 4.86. The number of halogens is 1. The highest BCUT2D eigenvalue weighted by atomic mass is 35.5. The molecule has 4 atom stereocenters. The van der Waals surface area contributed by atoms with Crippen molar-refractivity contribution < 1.29 is 9.26 Å². The SMILES string of the molecule is C[C@@H]1CC2CC(OCc3c(-c4ccccc4Cl)noc3C3CC3)CC1N2. The van der Waals surface area contributed by atoms with Crippen LogP contribution < -0.4 is 5.32 Å². The fourth-order valence-electron chi connectivity index (χ4n) is 4.64. The first-order valence-electron chi connectivity index (χ1n) is 9.80. The lowest BCUT2D eigenvalue weighted by Gasteiger charge is -2.29. The van der Waals surface area contributed by atoms with Crippen LogP contribution in [0.4, 0.5) is 0 Å². The molecule has 5 rings (SSSR count). The van der Waals surface area contributed by atoms with Gasteiger partial charge in [0.1, 0.15) is 11.5 Å². The Bertz CT molecular complexity index is 799. The van der Waals surface area contributed by atoms with Gasteiger partial charge in [-0.3, -0.25) is 0 Å². The lowest BCUT2D eigenvalue weighted by Crippen LogP contribution is -2.42. The van der Waals surface area contributed by atoms with Crippen molar-refractivity contribution in [2.45, 2.75) is 69.7 Å². The maximum Gasteiger partial charge on any atom is 0.145 e. The van der Waals surface area contributed by atoms with Crippen molar-refractivity contribution in [3.8, 4) is 11.3 Å². The van der Waals surface area contributed by atoms with Crippen molar-refractivity contribution in [3.05, 3.63) is 40.6 Å². The quantitative estimate of drug-likeness (QED) is 0.809. The van der Waals surface area contributed by atoms with Gasteiger partial charge in [0, 0.05) is 29.1 Å². The van der Waals surface area contributed by atoms with Crippen molar-refractivity contribution in [1.82, 2.24) is 10.5 Å². The molecule has 1 aromatic carbocycles. The van der Waals surface area contributed by atoms with Crippen molar-refractivity contribution in [2.75, 3.05) is 0 Å². The highest BCUT2D eigenvalue weighted by molar-refractivity contribution is 6.33. The lowest BCUT2D eigenvalue weighted by atomic mass is 9.99. The number of piperidine rings is 1. The van der Waals surface area contributed by atoms with Crippen LogP contribution in [-0.4, -0.2) is 23.3 Å². The van der Waals surface area contributed by atoms with Gasteiger partial charge in [0.2, 0.25) is 0 Å². The summed E-state index contributed by atoms with van der Waals surface area (Å²) in [6, 6.07) is 9.06. The summed E-state index contributed by atoms with van der Waals surface area (Å²) < 4.78 is 12.1. The van der Waals surface area contributed by atoms with Crippen LogP contribution in [0.3, 0.4) is 0 Å². The molecule has 5 heteroatoms. The lowest BCUT2D eigenvalue weighted by molar-refractivity contribution is 0.00740. The number of nitrogens with zero attached hydrogens (tertiary/aromatic N) is 1. The van der Waals surface area contributed by atoms with Gasteiger partial charge in [-0.05, 0) is 44.1 Å². The summed E-state index contributed by atoms with van der Waals surface area (Å²) in [6.45, 7) is 2.91. The van der Waals surface area contributed by atoms with Crippen LogP contribution in [-0.2, 0) is 11.3 Å². The second-order valence-corrected chi connectivity index (χ2v) is 8.62. The first-order chi connectivity index (χ1) is 12.7. The van der Waals surface area contributed by atoms with E-state index in [4.69, 9.17) is 20.9 Å². The highest BCUT2D eigenvalue weighted by Crippen LogP contribution is 2.45. The van der Waals surface area contributed by atoms with Crippen molar-refractivity contribution >= 4 is 11.6 Å². The van der Waals surface area contributed by atoms with E-state index in [9.17, 15) is 0 Å². The summed E-state index contributed by atoms with van der Waals surface area (Å²) in [5.74, 6) is 2.26. The third kappa shape index (κ3) is 3.08. The zero-order valence-corrected chi connectivity index (χ0v) is 15.8. The van der Waals surface area contributed by atoms with Crippen LogP contribution in [0.15, 0.2) is 28.8 Å². The smallest absolute Gasteiger partial charge is 0.145 e. The van der Waals surface area contributed by atoms with E-state index >= 15 is 0 Å². The minimum Gasteiger partial charge on any atom is -0.373 e. The molecule has 3 fully saturated rings. The molecule has 0 amide bonds. The summed E-state index contributed by atoms with van der Waals surface area (Å²) in [5, 5.41) is 8.80. The van der Waals surface area contributed by atoms with E-state index in [0.29, 0.717) is 35.7 Å². The zero-order valence-electron chi connectivity index (χ0n) is 15.1. The zero-order chi connectivity index (χ0) is 17.7. The van der Waals surface area contributed by atoms with E-state index in [-0.39, 0.29) is 0 Å².